The highest BCUT2D eigenvalue weighted by Crippen LogP contribution is 2.13. The molecule has 0 aliphatic carbocycles. The van der Waals surface area contributed by atoms with Crippen LogP contribution in [0.5, 0.6) is 0 Å². The molecule has 0 aromatic carbocycles. The van der Waals surface area contributed by atoms with Crippen molar-refractivity contribution in [3.8, 4) is 0 Å². The lowest BCUT2D eigenvalue weighted by Crippen LogP contribution is -2.31. The Morgan fingerprint density at radius 2 is 2.16 bits per heavy atom. The van der Waals surface area contributed by atoms with Crippen LogP contribution < -0.4 is 0 Å². The molecular formula is C13H20Cl2N2OS. The largest absolute Gasteiger partial charge is 0.395 e. The van der Waals surface area contributed by atoms with Crippen molar-refractivity contribution < 1.29 is 4.84 Å². The molecular weight excluding hydrogens is 303 g/mol. The van der Waals surface area contributed by atoms with Gasteiger partial charge in [-0.15, -0.1) is 23.7 Å². The van der Waals surface area contributed by atoms with Gasteiger partial charge in [0.15, 0.2) is 5.17 Å². The summed E-state index contributed by atoms with van der Waals surface area (Å²) < 4.78 is 0. The Labute approximate surface area is 130 Å². The molecule has 1 aliphatic heterocycles. The van der Waals surface area contributed by atoms with Crippen molar-refractivity contribution in [3.63, 3.8) is 0 Å². The summed E-state index contributed by atoms with van der Waals surface area (Å²) in [6, 6.07) is 3.89. The Kier molecular flexibility index (Phi) is 8.46. The standard InChI is InChI=1S/C13H19ClN2OS.ClH/c14-13(12-6-4-11-18-12)15-17-10-5-9-16-7-2-1-3-8-16;/h4,6,11H,1-3,5,7-10H2;1H. The van der Waals surface area contributed by atoms with E-state index in [9.17, 15) is 0 Å². The summed E-state index contributed by atoms with van der Waals surface area (Å²) in [5, 5.41) is 6.35. The van der Waals surface area contributed by atoms with Crippen molar-refractivity contribution >= 4 is 40.5 Å². The second-order valence-electron chi connectivity index (χ2n) is 4.45. The third kappa shape index (κ3) is 6.13. The topological polar surface area (TPSA) is 24.8 Å². The Morgan fingerprint density at radius 3 is 2.84 bits per heavy atom. The number of nitrogens with zero attached hydrogens (tertiary/aromatic N) is 2. The number of thiophene rings is 1. The highest BCUT2D eigenvalue weighted by molar-refractivity contribution is 7.14. The third-order valence-corrected chi connectivity index (χ3v) is 4.29. The van der Waals surface area contributed by atoms with Crippen LogP contribution >= 0.6 is 35.3 Å². The summed E-state index contributed by atoms with van der Waals surface area (Å²) in [6.45, 7) is 4.21. The van der Waals surface area contributed by atoms with Crippen LogP contribution in [-0.2, 0) is 4.84 Å². The number of likely N-dealkylation sites (tertiary alicyclic amines) is 1. The quantitative estimate of drug-likeness (QED) is 0.450. The van der Waals surface area contributed by atoms with Crippen molar-refractivity contribution in [3.05, 3.63) is 22.4 Å². The van der Waals surface area contributed by atoms with Gasteiger partial charge in [-0.3, -0.25) is 0 Å². The molecule has 0 amide bonds. The molecule has 1 aliphatic rings. The predicted octanol–water partition coefficient (Wildman–Crippen LogP) is 3.96. The van der Waals surface area contributed by atoms with Gasteiger partial charge in [-0.25, -0.2) is 0 Å². The second-order valence-corrected chi connectivity index (χ2v) is 5.75. The zero-order valence-corrected chi connectivity index (χ0v) is 13.3. The van der Waals surface area contributed by atoms with E-state index in [1.807, 2.05) is 17.5 Å². The van der Waals surface area contributed by atoms with Gasteiger partial charge in [0.05, 0.1) is 4.88 Å². The second kappa shape index (κ2) is 9.59. The van der Waals surface area contributed by atoms with E-state index in [-0.39, 0.29) is 12.4 Å². The molecule has 19 heavy (non-hydrogen) atoms. The highest BCUT2D eigenvalue weighted by atomic mass is 35.5. The monoisotopic (exact) mass is 322 g/mol. The van der Waals surface area contributed by atoms with Gasteiger partial charge in [-0.1, -0.05) is 29.2 Å². The zero-order valence-electron chi connectivity index (χ0n) is 10.9. The first kappa shape index (κ1) is 16.8. The molecule has 3 nitrogen and oxygen atoms in total. The van der Waals surface area contributed by atoms with E-state index in [1.165, 1.54) is 32.4 Å². The maximum Gasteiger partial charge on any atom is 0.185 e. The van der Waals surface area contributed by atoms with Gasteiger partial charge in [0, 0.05) is 6.54 Å². The lowest BCUT2D eigenvalue weighted by molar-refractivity contribution is 0.125. The van der Waals surface area contributed by atoms with Crippen LogP contribution in [0.25, 0.3) is 0 Å². The highest BCUT2D eigenvalue weighted by Gasteiger charge is 2.09. The molecule has 1 fully saturated rings. The molecule has 0 atom stereocenters. The Hall–Kier alpha value is -0.290. The molecule has 1 aromatic heterocycles. The first-order valence-corrected chi connectivity index (χ1v) is 7.74. The van der Waals surface area contributed by atoms with Crippen LogP contribution in [0.15, 0.2) is 22.7 Å². The summed E-state index contributed by atoms with van der Waals surface area (Å²) in [5.74, 6) is 0. The lowest BCUT2D eigenvalue weighted by Gasteiger charge is -2.25. The van der Waals surface area contributed by atoms with E-state index in [2.05, 4.69) is 10.1 Å². The van der Waals surface area contributed by atoms with Crippen molar-refractivity contribution in [2.75, 3.05) is 26.2 Å². The van der Waals surface area contributed by atoms with Gasteiger partial charge in [0.1, 0.15) is 6.61 Å². The molecule has 0 radical (unpaired) electrons. The molecule has 0 saturated carbocycles. The van der Waals surface area contributed by atoms with Gasteiger partial charge in [-0.2, -0.15) is 0 Å². The summed E-state index contributed by atoms with van der Waals surface area (Å²) in [6.07, 6.45) is 5.07. The average Bonchev–Trinajstić information content (AvgIpc) is 2.93. The van der Waals surface area contributed by atoms with E-state index in [1.54, 1.807) is 11.3 Å². The maximum absolute atomic E-state index is 6.00. The van der Waals surface area contributed by atoms with Crippen LogP contribution in [0, 0.1) is 0 Å². The summed E-state index contributed by atoms with van der Waals surface area (Å²) in [5.41, 5.74) is 0. The van der Waals surface area contributed by atoms with Crippen LogP contribution in [0.1, 0.15) is 30.6 Å². The van der Waals surface area contributed by atoms with Crippen molar-refractivity contribution in [2.24, 2.45) is 5.16 Å². The number of oxime groups is 1. The molecule has 0 unspecified atom stereocenters. The van der Waals surface area contributed by atoms with Crippen LogP contribution in [0.4, 0.5) is 0 Å². The number of piperidine rings is 1. The minimum atomic E-state index is 0. The summed E-state index contributed by atoms with van der Waals surface area (Å²) in [7, 11) is 0. The molecule has 6 heteroatoms. The molecule has 0 N–H and O–H groups in total. The summed E-state index contributed by atoms with van der Waals surface area (Å²) >= 11 is 7.57. The zero-order chi connectivity index (χ0) is 12.6. The molecule has 0 spiro atoms. The molecule has 1 aromatic rings. The number of hydrogen-bond acceptors (Lipinski definition) is 4. The van der Waals surface area contributed by atoms with Gasteiger partial charge in [0.2, 0.25) is 0 Å². The number of rotatable bonds is 6. The predicted molar refractivity (Wildman–Crippen MR) is 84.8 cm³/mol. The van der Waals surface area contributed by atoms with E-state index < -0.39 is 0 Å². The Balaban J connectivity index is 0.00000180. The minimum absolute atomic E-state index is 0. The van der Waals surface area contributed by atoms with Gasteiger partial charge in [0.25, 0.3) is 0 Å². The van der Waals surface area contributed by atoms with Crippen LogP contribution in [-0.4, -0.2) is 36.3 Å². The average molecular weight is 323 g/mol. The number of halogens is 2. The summed E-state index contributed by atoms with van der Waals surface area (Å²) in [4.78, 5) is 8.70. The minimum Gasteiger partial charge on any atom is -0.395 e. The Morgan fingerprint density at radius 1 is 1.37 bits per heavy atom. The fraction of sp³-hybridized carbons (Fsp3) is 0.615. The van der Waals surface area contributed by atoms with Crippen molar-refractivity contribution in [1.82, 2.24) is 4.90 Å². The smallest absolute Gasteiger partial charge is 0.185 e. The van der Waals surface area contributed by atoms with Gasteiger partial charge >= 0.3 is 0 Å². The van der Waals surface area contributed by atoms with Gasteiger partial charge in [-0.05, 0) is 43.8 Å². The van der Waals surface area contributed by atoms with E-state index in [0.717, 1.165) is 17.8 Å². The van der Waals surface area contributed by atoms with E-state index in [4.69, 9.17) is 16.4 Å². The van der Waals surface area contributed by atoms with Crippen LogP contribution in [0.3, 0.4) is 0 Å². The first-order chi connectivity index (χ1) is 8.86. The fourth-order valence-electron chi connectivity index (χ4n) is 2.08. The maximum atomic E-state index is 6.00. The van der Waals surface area contributed by atoms with Crippen LogP contribution in [0.2, 0.25) is 0 Å². The van der Waals surface area contributed by atoms with Crippen molar-refractivity contribution in [2.45, 2.75) is 25.7 Å². The van der Waals surface area contributed by atoms with Gasteiger partial charge < -0.3 is 9.74 Å². The molecule has 2 heterocycles. The molecule has 2 rings (SSSR count). The third-order valence-electron chi connectivity index (χ3n) is 3.03. The molecule has 108 valence electrons. The molecule has 1 saturated heterocycles. The van der Waals surface area contributed by atoms with E-state index >= 15 is 0 Å². The first-order valence-electron chi connectivity index (χ1n) is 6.48. The lowest BCUT2D eigenvalue weighted by atomic mass is 10.1. The van der Waals surface area contributed by atoms with Crippen molar-refractivity contribution in [1.29, 1.82) is 0 Å². The Bertz CT molecular complexity index is 365. The molecule has 0 bridgehead atoms. The normalized spacial score (nSPS) is 17.0. The number of hydrogen-bond donors (Lipinski definition) is 0. The SMILES string of the molecule is Cl.ClC(=NOCCCN1CCCCC1)c1cccs1. The fourth-order valence-corrected chi connectivity index (χ4v) is 2.92. The van der Waals surface area contributed by atoms with E-state index in [0.29, 0.717) is 11.8 Å².